The van der Waals surface area contributed by atoms with Crippen LogP contribution in [0.15, 0.2) is 48.5 Å². The third-order valence-corrected chi connectivity index (χ3v) is 2.72. The van der Waals surface area contributed by atoms with E-state index in [9.17, 15) is 0 Å². The molecule has 4 nitrogen and oxygen atoms in total. The Bertz CT molecular complexity index is 514. The Morgan fingerprint density at radius 3 is 2.37 bits per heavy atom. The molecular weight excluding hydrogens is 242 g/mol. The summed E-state index contributed by atoms with van der Waals surface area (Å²) in [5.41, 5.74) is 2.04. The topological polar surface area (TPSA) is 53.7 Å². The van der Waals surface area contributed by atoms with E-state index in [1.54, 1.807) is 7.11 Å². The number of hydrogen-bond acceptors (Lipinski definition) is 4. The second kappa shape index (κ2) is 6.78. The molecule has 0 atom stereocenters. The zero-order valence-corrected chi connectivity index (χ0v) is 10.8. The van der Waals surface area contributed by atoms with Gasteiger partial charge in [-0.25, -0.2) is 5.90 Å². The Morgan fingerprint density at radius 2 is 1.68 bits per heavy atom. The van der Waals surface area contributed by atoms with Gasteiger partial charge in [0.15, 0.2) is 11.5 Å². The summed E-state index contributed by atoms with van der Waals surface area (Å²) in [5.74, 6) is 6.45. The molecule has 0 aromatic heterocycles. The molecule has 0 saturated heterocycles. The fourth-order valence-corrected chi connectivity index (χ4v) is 1.76. The van der Waals surface area contributed by atoms with Gasteiger partial charge in [-0.1, -0.05) is 36.4 Å². The van der Waals surface area contributed by atoms with E-state index in [1.165, 1.54) is 0 Å². The van der Waals surface area contributed by atoms with E-state index in [2.05, 4.69) is 4.84 Å². The van der Waals surface area contributed by atoms with Crippen LogP contribution in [0.3, 0.4) is 0 Å². The first-order valence-corrected chi connectivity index (χ1v) is 5.99. The molecule has 0 aliphatic carbocycles. The molecule has 2 aromatic rings. The second-order valence-electron chi connectivity index (χ2n) is 4.07. The Morgan fingerprint density at radius 1 is 0.895 bits per heavy atom. The molecular formula is C15H17NO3. The van der Waals surface area contributed by atoms with Crippen molar-refractivity contribution in [2.75, 3.05) is 7.11 Å². The van der Waals surface area contributed by atoms with Crippen LogP contribution in [0.5, 0.6) is 11.5 Å². The van der Waals surface area contributed by atoms with Crippen molar-refractivity contribution in [3.63, 3.8) is 0 Å². The van der Waals surface area contributed by atoms with Crippen molar-refractivity contribution in [1.82, 2.24) is 0 Å². The molecule has 0 amide bonds. The summed E-state index contributed by atoms with van der Waals surface area (Å²) in [6, 6.07) is 15.6. The van der Waals surface area contributed by atoms with Gasteiger partial charge in [0.1, 0.15) is 6.61 Å². The van der Waals surface area contributed by atoms with Crippen molar-refractivity contribution < 1.29 is 14.3 Å². The molecule has 2 rings (SSSR count). The second-order valence-corrected chi connectivity index (χ2v) is 4.07. The molecule has 2 N–H and O–H groups in total. The van der Waals surface area contributed by atoms with Crippen LogP contribution in [0.25, 0.3) is 0 Å². The average Bonchev–Trinajstić information content (AvgIpc) is 2.47. The molecule has 0 aliphatic rings. The Balaban J connectivity index is 2.11. The molecule has 0 heterocycles. The minimum absolute atomic E-state index is 0.339. The number of nitrogens with two attached hydrogens (primary N) is 1. The number of hydrogen-bond donors (Lipinski definition) is 1. The maximum Gasteiger partial charge on any atom is 0.162 e. The summed E-state index contributed by atoms with van der Waals surface area (Å²) in [5, 5.41) is 0. The van der Waals surface area contributed by atoms with E-state index < -0.39 is 0 Å². The van der Waals surface area contributed by atoms with E-state index in [0.29, 0.717) is 24.7 Å². The van der Waals surface area contributed by atoms with Crippen molar-refractivity contribution in [2.45, 2.75) is 13.2 Å². The standard InChI is InChI=1S/C15H17NO3/c1-17-14-8-7-13(11-19-16)9-15(14)18-10-12-5-3-2-4-6-12/h2-9H,10-11,16H2,1H3. The Labute approximate surface area is 112 Å². The van der Waals surface area contributed by atoms with E-state index in [-0.39, 0.29) is 0 Å². The summed E-state index contributed by atoms with van der Waals surface area (Å²) >= 11 is 0. The minimum Gasteiger partial charge on any atom is -0.493 e. The third kappa shape index (κ3) is 3.71. The Hall–Kier alpha value is -2.04. The largest absolute Gasteiger partial charge is 0.493 e. The Kier molecular flexibility index (Phi) is 4.78. The molecule has 4 heteroatoms. The number of methoxy groups -OCH3 is 1. The van der Waals surface area contributed by atoms with Crippen LogP contribution in [0.2, 0.25) is 0 Å². The van der Waals surface area contributed by atoms with E-state index >= 15 is 0 Å². The molecule has 0 spiro atoms. The van der Waals surface area contributed by atoms with Gasteiger partial charge in [0.2, 0.25) is 0 Å². The molecule has 0 fully saturated rings. The molecule has 0 radical (unpaired) electrons. The SMILES string of the molecule is COc1ccc(CON)cc1OCc1ccccc1. The van der Waals surface area contributed by atoms with Gasteiger partial charge < -0.3 is 9.47 Å². The van der Waals surface area contributed by atoms with Crippen LogP contribution in [0, 0.1) is 0 Å². The molecule has 0 aliphatic heterocycles. The lowest BCUT2D eigenvalue weighted by Crippen LogP contribution is -2.01. The quantitative estimate of drug-likeness (QED) is 0.810. The van der Waals surface area contributed by atoms with Crippen molar-refractivity contribution >= 4 is 0 Å². The molecule has 2 aromatic carbocycles. The van der Waals surface area contributed by atoms with E-state index in [4.69, 9.17) is 15.4 Å². The lowest BCUT2D eigenvalue weighted by Gasteiger charge is -2.12. The summed E-state index contributed by atoms with van der Waals surface area (Å²) in [6.07, 6.45) is 0. The predicted octanol–water partition coefficient (Wildman–Crippen LogP) is 2.66. The van der Waals surface area contributed by atoms with Gasteiger partial charge in [0.25, 0.3) is 0 Å². The first-order chi connectivity index (χ1) is 9.33. The highest BCUT2D eigenvalue weighted by Gasteiger charge is 2.06. The van der Waals surface area contributed by atoms with Crippen LogP contribution >= 0.6 is 0 Å². The summed E-state index contributed by atoms with van der Waals surface area (Å²) in [4.78, 5) is 4.62. The van der Waals surface area contributed by atoms with Gasteiger partial charge in [-0.05, 0) is 23.3 Å². The van der Waals surface area contributed by atoms with Gasteiger partial charge in [-0.3, -0.25) is 4.84 Å². The fourth-order valence-electron chi connectivity index (χ4n) is 1.76. The average molecular weight is 259 g/mol. The number of ether oxygens (including phenoxy) is 2. The predicted molar refractivity (Wildman–Crippen MR) is 72.7 cm³/mol. The smallest absolute Gasteiger partial charge is 0.162 e. The highest BCUT2D eigenvalue weighted by Crippen LogP contribution is 2.29. The van der Waals surface area contributed by atoms with E-state index in [0.717, 1.165) is 11.1 Å². The van der Waals surface area contributed by atoms with Gasteiger partial charge in [0.05, 0.1) is 13.7 Å². The summed E-state index contributed by atoms with van der Waals surface area (Å²) < 4.78 is 11.0. The normalized spacial score (nSPS) is 10.2. The lowest BCUT2D eigenvalue weighted by molar-refractivity contribution is 0.123. The van der Waals surface area contributed by atoms with Crippen molar-refractivity contribution in [3.05, 3.63) is 59.7 Å². The third-order valence-electron chi connectivity index (χ3n) is 2.72. The molecule has 0 unspecified atom stereocenters. The van der Waals surface area contributed by atoms with Crippen molar-refractivity contribution in [1.29, 1.82) is 0 Å². The molecule has 0 saturated carbocycles. The van der Waals surface area contributed by atoms with Gasteiger partial charge in [0, 0.05) is 0 Å². The van der Waals surface area contributed by atoms with Crippen molar-refractivity contribution in [2.24, 2.45) is 5.90 Å². The highest BCUT2D eigenvalue weighted by molar-refractivity contribution is 5.43. The van der Waals surface area contributed by atoms with Crippen LogP contribution in [-0.4, -0.2) is 7.11 Å². The fraction of sp³-hybridized carbons (Fsp3) is 0.200. The summed E-state index contributed by atoms with van der Waals surface area (Å²) in [6.45, 7) is 0.829. The number of benzene rings is 2. The minimum atomic E-state index is 0.339. The maximum atomic E-state index is 5.78. The van der Waals surface area contributed by atoms with Crippen LogP contribution < -0.4 is 15.4 Å². The molecule has 100 valence electrons. The molecule has 19 heavy (non-hydrogen) atoms. The highest BCUT2D eigenvalue weighted by atomic mass is 16.6. The van der Waals surface area contributed by atoms with Crippen LogP contribution in [0.4, 0.5) is 0 Å². The van der Waals surface area contributed by atoms with E-state index in [1.807, 2.05) is 48.5 Å². The number of rotatable bonds is 6. The van der Waals surface area contributed by atoms with Crippen molar-refractivity contribution in [3.8, 4) is 11.5 Å². The van der Waals surface area contributed by atoms with Gasteiger partial charge in [-0.15, -0.1) is 0 Å². The van der Waals surface area contributed by atoms with Crippen LogP contribution in [0.1, 0.15) is 11.1 Å². The first-order valence-electron chi connectivity index (χ1n) is 5.99. The summed E-state index contributed by atoms with van der Waals surface area (Å²) in [7, 11) is 1.61. The zero-order valence-electron chi connectivity index (χ0n) is 10.8. The monoisotopic (exact) mass is 259 g/mol. The maximum absolute atomic E-state index is 5.78. The zero-order chi connectivity index (χ0) is 13.5. The van der Waals surface area contributed by atoms with Gasteiger partial charge >= 0.3 is 0 Å². The lowest BCUT2D eigenvalue weighted by atomic mass is 10.2. The first kappa shape index (κ1) is 13.4. The van der Waals surface area contributed by atoms with Gasteiger partial charge in [-0.2, -0.15) is 0 Å². The molecule has 0 bridgehead atoms. The van der Waals surface area contributed by atoms with Crippen LogP contribution in [-0.2, 0) is 18.1 Å².